The standard InChI is InChI=1S/C6H7IN2OS/c1-11-3-5-8-2-4(7)6(10)9-5/h2H,3H2,1H3,(H,8,9,10). The summed E-state index contributed by atoms with van der Waals surface area (Å²) in [7, 11) is 0. The third kappa shape index (κ3) is 2.48. The van der Waals surface area contributed by atoms with Crippen molar-refractivity contribution in [2.24, 2.45) is 0 Å². The minimum absolute atomic E-state index is 0.0512. The molecular formula is C6H7IN2OS. The summed E-state index contributed by atoms with van der Waals surface area (Å²) in [6.45, 7) is 0. The van der Waals surface area contributed by atoms with Crippen LogP contribution in [0.15, 0.2) is 11.0 Å². The van der Waals surface area contributed by atoms with Gasteiger partial charge in [0.1, 0.15) is 5.82 Å². The Hall–Kier alpha value is -0.0400. The van der Waals surface area contributed by atoms with Crippen LogP contribution < -0.4 is 5.56 Å². The number of aromatic amines is 1. The summed E-state index contributed by atoms with van der Waals surface area (Å²) in [6, 6.07) is 0. The molecule has 0 spiro atoms. The van der Waals surface area contributed by atoms with Crippen molar-refractivity contribution in [1.29, 1.82) is 0 Å². The Bertz CT molecular complexity index is 299. The second-order valence-electron chi connectivity index (χ2n) is 1.94. The van der Waals surface area contributed by atoms with E-state index in [9.17, 15) is 4.79 Å². The van der Waals surface area contributed by atoms with E-state index in [-0.39, 0.29) is 5.56 Å². The second kappa shape index (κ2) is 4.10. The highest BCUT2D eigenvalue weighted by molar-refractivity contribution is 14.1. The van der Waals surface area contributed by atoms with Gasteiger partial charge in [-0.1, -0.05) is 0 Å². The van der Waals surface area contributed by atoms with Gasteiger partial charge in [0.2, 0.25) is 0 Å². The minimum atomic E-state index is -0.0512. The molecule has 0 aliphatic heterocycles. The molecule has 0 bridgehead atoms. The lowest BCUT2D eigenvalue weighted by Crippen LogP contribution is -2.12. The van der Waals surface area contributed by atoms with Crippen LogP contribution in [0.1, 0.15) is 5.82 Å². The molecule has 0 aliphatic carbocycles. The molecule has 5 heteroatoms. The van der Waals surface area contributed by atoms with E-state index in [4.69, 9.17) is 0 Å². The van der Waals surface area contributed by atoms with Gasteiger partial charge in [0.25, 0.3) is 5.56 Å². The molecular weight excluding hydrogens is 275 g/mol. The van der Waals surface area contributed by atoms with E-state index in [1.165, 1.54) is 0 Å². The van der Waals surface area contributed by atoms with Crippen LogP contribution in [0.4, 0.5) is 0 Å². The number of hydrogen-bond acceptors (Lipinski definition) is 3. The van der Waals surface area contributed by atoms with Gasteiger partial charge in [0.05, 0.1) is 9.32 Å². The zero-order valence-corrected chi connectivity index (χ0v) is 8.90. The first-order chi connectivity index (χ1) is 5.24. The van der Waals surface area contributed by atoms with Crippen molar-refractivity contribution in [3.8, 4) is 0 Å². The molecule has 0 aliphatic rings. The molecule has 11 heavy (non-hydrogen) atoms. The third-order valence-electron chi connectivity index (χ3n) is 1.09. The fraction of sp³-hybridized carbons (Fsp3) is 0.333. The zero-order chi connectivity index (χ0) is 8.27. The Labute approximate surface area is 82.1 Å². The van der Waals surface area contributed by atoms with Crippen molar-refractivity contribution in [2.75, 3.05) is 6.26 Å². The van der Waals surface area contributed by atoms with Crippen LogP contribution >= 0.6 is 34.4 Å². The number of H-pyrrole nitrogens is 1. The van der Waals surface area contributed by atoms with Gasteiger partial charge >= 0.3 is 0 Å². The molecule has 0 amide bonds. The fourth-order valence-electron chi connectivity index (χ4n) is 0.626. The van der Waals surface area contributed by atoms with Crippen molar-refractivity contribution >= 4 is 34.4 Å². The van der Waals surface area contributed by atoms with E-state index in [1.807, 2.05) is 28.8 Å². The van der Waals surface area contributed by atoms with Crippen LogP contribution in [-0.2, 0) is 5.75 Å². The molecule has 1 aromatic rings. The summed E-state index contributed by atoms with van der Waals surface area (Å²) in [6.07, 6.45) is 3.56. The molecule has 1 heterocycles. The lowest BCUT2D eigenvalue weighted by atomic mass is 10.6. The number of halogens is 1. The highest BCUT2D eigenvalue weighted by atomic mass is 127. The quantitative estimate of drug-likeness (QED) is 0.830. The topological polar surface area (TPSA) is 45.8 Å². The fourth-order valence-corrected chi connectivity index (χ4v) is 1.32. The summed E-state index contributed by atoms with van der Waals surface area (Å²) >= 11 is 3.59. The maximum Gasteiger partial charge on any atom is 0.264 e. The number of hydrogen-bond donors (Lipinski definition) is 1. The Kier molecular flexibility index (Phi) is 3.38. The van der Waals surface area contributed by atoms with Crippen molar-refractivity contribution < 1.29 is 0 Å². The maximum absolute atomic E-state index is 11.0. The van der Waals surface area contributed by atoms with Crippen LogP contribution in [-0.4, -0.2) is 16.2 Å². The molecule has 1 aromatic heterocycles. The predicted octanol–water partition coefficient (Wildman–Crippen LogP) is 1.24. The van der Waals surface area contributed by atoms with Gasteiger partial charge in [-0.25, -0.2) is 4.98 Å². The minimum Gasteiger partial charge on any atom is -0.309 e. The number of aromatic nitrogens is 2. The molecule has 3 nitrogen and oxygen atoms in total. The van der Waals surface area contributed by atoms with Crippen molar-refractivity contribution in [2.45, 2.75) is 5.75 Å². The molecule has 0 fully saturated rings. The highest BCUT2D eigenvalue weighted by Gasteiger charge is 1.97. The van der Waals surface area contributed by atoms with E-state index < -0.39 is 0 Å². The SMILES string of the molecule is CSCc1ncc(I)c(=O)[nH]1. The first kappa shape index (κ1) is 9.05. The Morgan fingerprint density at radius 2 is 2.55 bits per heavy atom. The monoisotopic (exact) mass is 282 g/mol. The van der Waals surface area contributed by atoms with Crippen LogP contribution in [0, 0.1) is 3.57 Å². The molecule has 0 saturated heterocycles. The zero-order valence-electron chi connectivity index (χ0n) is 5.93. The molecule has 1 N–H and O–H groups in total. The first-order valence-corrected chi connectivity index (χ1v) is 5.44. The number of thioether (sulfide) groups is 1. The van der Waals surface area contributed by atoms with Gasteiger partial charge in [0, 0.05) is 6.20 Å². The average Bonchev–Trinajstić information content (AvgIpc) is 1.98. The lowest BCUT2D eigenvalue weighted by Gasteiger charge is -1.95. The van der Waals surface area contributed by atoms with E-state index in [0.29, 0.717) is 3.57 Å². The normalized spacial score (nSPS) is 10.0. The lowest BCUT2D eigenvalue weighted by molar-refractivity contribution is 0.991. The Morgan fingerprint density at radius 1 is 1.82 bits per heavy atom. The Balaban J connectivity index is 2.96. The summed E-state index contributed by atoms with van der Waals surface area (Å²) in [4.78, 5) is 17.7. The van der Waals surface area contributed by atoms with Crippen LogP contribution in [0.5, 0.6) is 0 Å². The van der Waals surface area contributed by atoms with Crippen molar-refractivity contribution in [1.82, 2.24) is 9.97 Å². The van der Waals surface area contributed by atoms with Crippen LogP contribution in [0.3, 0.4) is 0 Å². The van der Waals surface area contributed by atoms with Crippen LogP contribution in [0.25, 0.3) is 0 Å². The van der Waals surface area contributed by atoms with Crippen molar-refractivity contribution in [3.05, 3.63) is 25.9 Å². The Morgan fingerprint density at radius 3 is 3.09 bits per heavy atom. The summed E-state index contributed by atoms with van der Waals surface area (Å²) in [5.41, 5.74) is -0.0512. The van der Waals surface area contributed by atoms with Gasteiger partial charge in [-0.2, -0.15) is 11.8 Å². The highest BCUT2D eigenvalue weighted by Crippen LogP contribution is 2.01. The first-order valence-electron chi connectivity index (χ1n) is 2.96. The number of rotatable bonds is 2. The predicted molar refractivity (Wildman–Crippen MR) is 54.8 cm³/mol. The third-order valence-corrected chi connectivity index (χ3v) is 2.42. The van der Waals surface area contributed by atoms with Gasteiger partial charge in [-0.05, 0) is 28.8 Å². The van der Waals surface area contributed by atoms with Crippen LogP contribution in [0.2, 0.25) is 0 Å². The molecule has 0 radical (unpaired) electrons. The molecule has 0 atom stereocenters. The van der Waals surface area contributed by atoms with E-state index in [0.717, 1.165) is 11.6 Å². The molecule has 0 aromatic carbocycles. The van der Waals surface area contributed by atoms with E-state index in [2.05, 4.69) is 9.97 Å². The van der Waals surface area contributed by atoms with E-state index in [1.54, 1.807) is 18.0 Å². The maximum atomic E-state index is 11.0. The molecule has 1 rings (SSSR count). The number of nitrogens with zero attached hydrogens (tertiary/aromatic N) is 1. The van der Waals surface area contributed by atoms with Gasteiger partial charge in [-0.15, -0.1) is 0 Å². The van der Waals surface area contributed by atoms with Gasteiger partial charge in [-0.3, -0.25) is 4.79 Å². The summed E-state index contributed by atoms with van der Waals surface area (Å²) < 4.78 is 0.632. The molecule has 0 unspecified atom stereocenters. The molecule has 60 valence electrons. The second-order valence-corrected chi connectivity index (χ2v) is 3.97. The van der Waals surface area contributed by atoms with E-state index >= 15 is 0 Å². The number of nitrogens with one attached hydrogen (secondary N) is 1. The largest absolute Gasteiger partial charge is 0.309 e. The van der Waals surface area contributed by atoms with Gasteiger partial charge in [0.15, 0.2) is 0 Å². The summed E-state index contributed by atoms with van der Waals surface area (Å²) in [5, 5.41) is 0. The van der Waals surface area contributed by atoms with Crippen molar-refractivity contribution in [3.63, 3.8) is 0 Å². The van der Waals surface area contributed by atoms with Gasteiger partial charge < -0.3 is 4.98 Å². The smallest absolute Gasteiger partial charge is 0.264 e. The summed E-state index contributed by atoms with van der Waals surface area (Å²) in [5.74, 6) is 1.49. The average molecular weight is 282 g/mol. The molecule has 0 saturated carbocycles.